The summed E-state index contributed by atoms with van der Waals surface area (Å²) in [7, 11) is 0. The predicted molar refractivity (Wildman–Crippen MR) is 123 cm³/mol. The van der Waals surface area contributed by atoms with Crippen LogP contribution in [0.25, 0.3) is 0 Å². The van der Waals surface area contributed by atoms with Crippen LogP contribution in [0.4, 0.5) is 0 Å². The van der Waals surface area contributed by atoms with Crippen molar-refractivity contribution in [3.63, 3.8) is 0 Å². The second-order valence-corrected chi connectivity index (χ2v) is 7.78. The van der Waals surface area contributed by atoms with Gasteiger partial charge in [0.2, 0.25) is 0 Å². The van der Waals surface area contributed by atoms with E-state index in [0.717, 1.165) is 67.1 Å². The van der Waals surface area contributed by atoms with Crippen LogP contribution in [0.1, 0.15) is 37.0 Å². The van der Waals surface area contributed by atoms with Crippen LogP contribution in [-0.4, -0.2) is 55.2 Å². The second kappa shape index (κ2) is 13.2. The minimum Gasteiger partial charge on any atom is -0.492 e. The van der Waals surface area contributed by atoms with Gasteiger partial charge in [-0.3, -0.25) is 0 Å². The number of aromatic nitrogens is 1. The first-order valence-electron chi connectivity index (χ1n) is 10.5. The Morgan fingerprint density at radius 1 is 1.17 bits per heavy atom. The Hall–Kier alpha value is -2.12. The molecule has 0 atom stereocenters. The fourth-order valence-electron chi connectivity index (χ4n) is 2.94. The van der Waals surface area contributed by atoms with Crippen LogP contribution in [0.3, 0.4) is 0 Å². The summed E-state index contributed by atoms with van der Waals surface area (Å²) >= 11 is 1.69. The molecule has 0 aliphatic heterocycles. The molecule has 1 aromatic carbocycles. The molecule has 0 radical (unpaired) electrons. The number of aryl methyl sites for hydroxylation is 1. The summed E-state index contributed by atoms with van der Waals surface area (Å²) in [6, 6.07) is 8.15. The van der Waals surface area contributed by atoms with Crippen molar-refractivity contribution in [2.24, 2.45) is 4.99 Å². The molecule has 0 saturated heterocycles. The average Bonchev–Trinajstić information content (AvgIpc) is 3.15. The van der Waals surface area contributed by atoms with E-state index in [1.165, 1.54) is 0 Å². The fraction of sp³-hybridized carbons (Fsp3) is 0.545. The lowest BCUT2D eigenvalue weighted by molar-refractivity contribution is 0.221. The lowest BCUT2D eigenvalue weighted by Gasteiger charge is -2.18. The van der Waals surface area contributed by atoms with Gasteiger partial charge in [-0.05, 0) is 33.0 Å². The largest absolute Gasteiger partial charge is 0.492 e. The van der Waals surface area contributed by atoms with Gasteiger partial charge in [-0.15, -0.1) is 11.3 Å². The summed E-state index contributed by atoms with van der Waals surface area (Å²) in [5.74, 6) is 1.73. The number of thiazole rings is 1. The number of hydrogen-bond acceptors (Lipinski definition) is 5. The monoisotopic (exact) mass is 417 g/mol. The summed E-state index contributed by atoms with van der Waals surface area (Å²) < 4.78 is 6.05. The van der Waals surface area contributed by atoms with Gasteiger partial charge in [0.05, 0.1) is 17.2 Å². The number of para-hydroxylation sites is 1. The summed E-state index contributed by atoms with van der Waals surface area (Å²) in [5, 5.41) is 9.94. The number of nitrogens with zero attached hydrogens (tertiary/aromatic N) is 3. The number of benzene rings is 1. The van der Waals surface area contributed by atoms with Crippen molar-refractivity contribution in [2.45, 2.75) is 40.7 Å². The van der Waals surface area contributed by atoms with E-state index in [4.69, 9.17) is 9.73 Å². The van der Waals surface area contributed by atoms with Gasteiger partial charge >= 0.3 is 0 Å². The van der Waals surface area contributed by atoms with Gasteiger partial charge in [0.25, 0.3) is 0 Å². The molecule has 0 saturated carbocycles. The van der Waals surface area contributed by atoms with Gasteiger partial charge in [0.1, 0.15) is 12.4 Å². The van der Waals surface area contributed by atoms with Crippen molar-refractivity contribution < 1.29 is 4.74 Å². The molecule has 0 unspecified atom stereocenters. The molecular formula is C22H35N5OS. The van der Waals surface area contributed by atoms with Crippen molar-refractivity contribution in [3.05, 3.63) is 45.9 Å². The Kier molecular flexibility index (Phi) is 10.5. The van der Waals surface area contributed by atoms with Gasteiger partial charge in [-0.2, -0.15) is 0 Å². The normalized spacial score (nSPS) is 11.7. The number of hydrogen-bond donors (Lipinski definition) is 2. The first-order chi connectivity index (χ1) is 14.2. The first-order valence-corrected chi connectivity index (χ1v) is 11.4. The second-order valence-electron chi connectivity index (χ2n) is 6.71. The number of rotatable bonds is 12. The third-order valence-corrected chi connectivity index (χ3v) is 5.45. The molecule has 7 heteroatoms. The summed E-state index contributed by atoms with van der Waals surface area (Å²) in [6.45, 7) is 14.4. The van der Waals surface area contributed by atoms with Crippen molar-refractivity contribution >= 4 is 17.3 Å². The van der Waals surface area contributed by atoms with Crippen molar-refractivity contribution in [1.29, 1.82) is 0 Å². The zero-order chi connectivity index (χ0) is 20.9. The van der Waals surface area contributed by atoms with Crippen LogP contribution in [0.5, 0.6) is 5.75 Å². The molecule has 0 fully saturated rings. The van der Waals surface area contributed by atoms with E-state index in [1.54, 1.807) is 11.3 Å². The van der Waals surface area contributed by atoms with Crippen LogP contribution < -0.4 is 15.4 Å². The molecule has 160 valence electrons. The maximum absolute atomic E-state index is 6.05. The van der Waals surface area contributed by atoms with Crippen molar-refractivity contribution in [3.8, 4) is 5.75 Å². The summed E-state index contributed by atoms with van der Waals surface area (Å²) in [6.07, 6.45) is 0.889. The molecule has 0 spiro atoms. The standard InChI is InChI=1S/C22H35N5OS/c1-5-23-22(24-13-12-20-17-29-18(4)26-20)25-16-19-10-8-9-11-21(19)28-15-14-27(6-2)7-3/h8-11,17H,5-7,12-16H2,1-4H3,(H2,23,24,25). The van der Waals surface area contributed by atoms with Gasteiger partial charge in [0, 0.05) is 37.0 Å². The minimum absolute atomic E-state index is 0.576. The highest BCUT2D eigenvalue weighted by Crippen LogP contribution is 2.19. The molecule has 29 heavy (non-hydrogen) atoms. The van der Waals surface area contributed by atoms with Crippen LogP contribution in [0, 0.1) is 6.92 Å². The molecule has 0 aliphatic rings. The molecule has 6 nitrogen and oxygen atoms in total. The Morgan fingerprint density at radius 2 is 1.97 bits per heavy atom. The maximum atomic E-state index is 6.05. The highest BCUT2D eigenvalue weighted by molar-refractivity contribution is 7.09. The van der Waals surface area contributed by atoms with Crippen LogP contribution in [-0.2, 0) is 13.0 Å². The fourth-order valence-corrected chi connectivity index (χ4v) is 3.58. The number of nitrogens with one attached hydrogen (secondary N) is 2. The van der Waals surface area contributed by atoms with Gasteiger partial charge in [-0.1, -0.05) is 32.0 Å². The average molecular weight is 418 g/mol. The Labute approximate surface area is 179 Å². The first kappa shape index (κ1) is 23.2. The molecular weight excluding hydrogens is 382 g/mol. The molecule has 2 N–H and O–H groups in total. The Morgan fingerprint density at radius 3 is 2.66 bits per heavy atom. The Balaban J connectivity index is 1.90. The number of guanidine groups is 1. The SMILES string of the molecule is CCNC(=NCc1ccccc1OCCN(CC)CC)NCCc1csc(C)n1. The predicted octanol–water partition coefficient (Wildman–Crippen LogP) is 3.47. The van der Waals surface area contributed by atoms with Gasteiger partial charge < -0.3 is 20.3 Å². The lowest BCUT2D eigenvalue weighted by atomic mass is 10.2. The quantitative estimate of drug-likeness (QED) is 0.409. The van der Waals surface area contributed by atoms with E-state index in [2.05, 4.69) is 52.7 Å². The van der Waals surface area contributed by atoms with Crippen molar-refractivity contribution in [2.75, 3.05) is 39.3 Å². The third-order valence-electron chi connectivity index (χ3n) is 4.62. The number of likely N-dealkylation sites (N-methyl/N-ethyl adjacent to an activating group) is 1. The molecule has 0 bridgehead atoms. The highest BCUT2D eigenvalue weighted by atomic mass is 32.1. The van der Waals surface area contributed by atoms with Crippen molar-refractivity contribution in [1.82, 2.24) is 20.5 Å². The van der Waals surface area contributed by atoms with E-state index < -0.39 is 0 Å². The van der Waals surface area contributed by atoms with E-state index in [0.29, 0.717) is 13.2 Å². The van der Waals surface area contributed by atoms with E-state index in [1.807, 2.05) is 25.1 Å². The molecule has 0 amide bonds. The number of ether oxygens (including phenoxy) is 1. The molecule has 0 aliphatic carbocycles. The summed E-state index contributed by atoms with van der Waals surface area (Å²) in [5.41, 5.74) is 2.22. The lowest BCUT2D eigenvalue weighted by Crippen LogP contribution is -2.38. The van der Waals surface area contributed by atoms with Gasteiger partial charge in [0.15, 0.2) is 5.96 Å². The van der Waals surface area contributed by atoms with E-state index in [9.17, 15) is 0 Å². The van der Waals surface area contributed by atoms with Crippen LogP contribution >= 0.6 is 11.3 Å². The summed E-state index contributed by atoms with van der Waals surface area (Å²) in [4.78, 5) is 11.6. The zero-order valence-electron chi connectivity index (χ0n) is 18.2. The zero-order valence-corrected chi connectivity index (χ0v) is 19.0. The van der Waals surface area contributed by atoms with E-state index >= 15 is 0 Å². The topological polar surface area (TPSA) is 61.8 Å². The molecule has 2 rings (SSSR count). The van der Waals surface area contributed by atoms with Crippen LogP contribution in [0.15, 0.2) is 34.6 Å². The highest BCUT2D eigenvalue weighted by Gasteiger charge is 2.06. The van der Waals surface area contributed by atoms with E-state index in [-0.39, 0.29) is 0 Å². The molecule has 2 aromatic rings. The van der Waals surface area contributed by atoms with Crippen LogP contribution in [0.2, 0.25) is 0 Å². The third kappa shape index (κ3) is 8.41. The smallest absolute Gasteiger partial charge is 0.191 e. The maximum Gasteiger partial charge on any atom is 0.191 e. The minimum atomic E-state index is 0.576. The Bertz CT molecular complexity index is 742. The molecule has 1 heterocycles. The van der Waals surface area contributed by atoms with Gasteiger partial charge in [-0.25, -0.2) is 9.98 Å². The molecule has 1 aromatic heterocycles. The number of aliphatic imine (C=N–C) groups is 1.